The Bertz CT molecular complexity index is 812. The third-order valence-corrected chi connectivity index (χ3v) is 3.80. The van der Waals surface area contributed by atoms with Gasteiger partial charge in [0.05, 0.1) is 22.8 Å². The van der Waals surface area contributed by atoms with Crippen LogP contribution in [0, 0.1) is 0 Å². The zero-order chi connectivity index (χ0) is 19.3. The molecule has 1 amide bonds. The van der Waals surface area contributed by atoms with Gasteiger partial charge >= 0.3 is 0 Å². The molecule has 1 aromatic carbocycles. The number of hydrogen-bond donors (Lipinski definition) is 1. The Hall–Kier alpha value is -2.19. The van der Waals surface area contributed by atoms with E-state index in [-0.39, 0.29) is 12.2 Å². The van der Waals surface area contributed by atoms with Crippen LogP contribution in [0.15, 0.2) is 29.6 Å². The zero-order valence-electron chi connectivity index (χ0n) is 13.9. The number of amides is 1. The molecule has 0 saturated heterocycles. The van der Waals surface area contributed by atoms with Crippen molar-refractivity contribution < 1.29 is 18.4 Å². The summed E-state index contributed by atoms with van der Waals surface area (Å²) in [5, 5.41) is 10.8. The van der Waals surface area contributed by atoms with Crippen LogP contribution >= 0.6 is 23.2 Å². The second-order valence-electron chi connectivity index (χ2n) is 5.47. The lowest BCUT2D eigenvalue weighted by Crippen LogP contribution is -2.35. The summed E-state index contributed by atoms with van der Waals surface area (Å²) in [6, 6.07) is 4.44. The third-order valence-electron chi connectivity index (χ3n) is 3.24. The lowest BCUT2D eigenvalue weighted by molar-refractivity contribution is 0.0857. The van der Waals surface area contributed by atoms with Gasteiger partial charge in [-0.15, -0.1) is 0 Å². The number of alkyl halides is 2. The molecule has 26 heavy (non-hydrogen) atoms. The molecule has 0 aliphatic heterocycles. The van der Waals surface area contributed by atoms with E-state index in [1.54, 1.807) is 25.1 Å². The van der Waals surface area contributed by atoms with E-state index >= 15 is 0 Å². The Morgan fingerprint density at radius 2 is 2.19 bits per heavy atom. The van der Waals surface area contributed by atoms with Crippen LogP contribution in [-0.4, -0.2) is 34.6 Å². The number of nitrogens with zero attached hydrogens (tertiary/aromatic N) is 3. The smallest absolute Gasteiger partial charge is 0.282 e. The number of aryl methyl sites for hydroxylation is 1. The highest BCUT2D eigenvalue weighted by Crippen LogP contribution is 2.21. The molecule has 1 heterocycles. The first kappa shape index (κ1) is 20.1. The van der Waals surface area contributed by atoms with Crippen LogP contribution in [0.25, 0.3) is 0 Å². The van der Waals surface area contributed by atoms with Gasteiger partial charge in [-0.2, -0.15) is 5.10 Å². The fourth-order valence-corrected chi connectivity index (χ4v) is 2.50. The van der Waals surface area contributed by atoms with Gasteiger partial charge in [0.1, 0.15) is 12.3 Å². The van der Waals surface area contributed by atoms with E-state index in [1.807, 2.05) is 0 Å². The molecule has 1 atom stereocenters. The lowest BCUT2D eigenvalue weighted by atomic mass is 10.2. The van der Waals surface area contributed by atoms with Gasteiger partial charge in [0.15, 0.2) is 0 Å². The van der Waals surface area contributed by atoms with Gasteiger partial charge in [-0.3, -0.25) is 9.48 Å². The van der Waals surface area contributed by atoms with Crippen molar-refractivity contribution in [1.29, 1.82) is 0 Å². The average molecular weight is 405 g/mol. The maximum atomic E-state index is 12.9. The molecule has 0 fully saturated rings. The molecule has 0 spiro atoms. The van der Waals surface area contributed by atoms with Crippen LogP contribution < -0.4 is 5.32 Å². The van der Waals surface area contributed by atoms with Crippen LogP contribution in [0.3, 0.4) is 0 Å². The van der Waals surface area contributed by atoms with E-state index in [0.29, 0.717) is 15.6 Å². The summed E-state index contributed by atoms with van der Waals surface area (Å²) >= 11 is 11.8. The normalized spacial score (nSPS) is 12.6. The largest absolute Gasteiger partial charge is 0.394 e. The van der Waals surface area contributed by atoms with E-state index in [9.17, 15) is 13.6 Å². The Morgan fingerprint density at radius 1 is 1.46 bits per heavy atom. The number of oxime groups is 1. The number of carbonyl (C=O) groups excluding carboxylic acids is 1. The SMILES string of the molecule is CC(CO/N=C/c1ccc(Cl)cc1Cl)NC(=O)c1cn(C)nc1C(F)F. The number of rotatable bonds is 7. The number of aromatic nitrogens is 2. The van der Waals surface area contributed by atoms with Crippen molar-refractivity contribution >= 4 is 35.3 Å². The van der Waals surface area contributed by atoms with Crippen molar-refractivity contribution in [2.24, 2.45) is 12.2 Å². The predicted molar refractivity (Wildman–Crippen MR) is 95.1 cm³/mol. The molecule has 0 saturated carbocycles. The van der Waals surface area contributed by atoms with E-state index in [2.05, 4.69) is 15.6 Å². The average Bonchev–Trinajstić information content (AvgIpc) is 2.95. The summed E-state index contributed by atoms with van der Waals surface area (Å²) in [5.41, 5.74) is -0.121. The first-order valence-corrected chi connectivity index (χ1v) is 8.26. The van der Waals surface area contributed by atoms with Crippen LogP contribution in [-0.2, 0) is 11.9 Å². The van der Waals surface area contributed by atoms with E-state index in [4.69, 9.17) is 28.0 Å². The van der Waals surface area contributed by atoms with Crippen LogP contribution in [0.1, 0.15) is 35.0 Å². The van der Waals surface area contributed by atoms with Crippen molar-refractivity contribution in [2.45, 2.75) is 19.4 Å². The fourth-order valence-electron chi connectivity index (χ4n) is 2.04. The molecule has 0 bridgehead atoms. The maximum absolute atomic E-state index is 12.9. The number of carbonyl (C=O) groups is 1. The Balaban J connectivity index is 1.88. The van der Waals surface area contributed by atoms with Crippen molar-refractivity contribution in [1.82, 2.24) is 15.1 Å². The third kappa shape index (κ3) is 5.40. The second-order valence-corrected chi connectivity index (χ2v) is 6.32. The molecule has 140 valence electrons. The monoisotopic (exact) mass is 404 g/mol. The second kappa shape index (κ2) is 8.95. The standard InChI is InChI=1S/C16H16Cl2F2N4O2/c1-9(8-26-21-6-10-3-4-11(17)5-13(10)18)22-16(25)12-7-24(2)23-14(12)15(19)20/h3-7,9,15H,8H2,1-2H3,(H,22,25)/b21-6+. The molecule has 0 aliphatic rings. The minimum absolute atomic E-state index is 0.0394. The zero-order valence-corrected chi connectivity index (χ0v) is 15.4. The molecule has 2 aromatic rings. The minimum atomic E-state index is -2.84. The molecule has 1 N–H and O–H groups in total. The molecule has 1 aromatic heterocycles. The predicted octanol–water partition coefficient (Wildman–Crippen LogP) is 3.83. The Kier molecular flexibility index (Phi) is 6.93. The molecule has 10 heteroatoms. The molecule has 0 radical (unpaired) electrons. The first-order valence-electron chi connectivity index (χ1n) is 7.51. The van der Waals surface area contributed by atoms with E-state index in [1.165, 1.54) is 19.5 Å². The number of nitrogens with one attached hydrogen (secondary N) is 1. The highest BCUT2D eigenvalue weighted by atomic mass is 35.5. The van der Waals surface area contributed by atoms with Gasteiger partial charge in [0.2, 0.25) is 0 Å². The number of hydrogen-bond acceptors (Lipinski definition) is 4. The first-order chi connectivity index (χ1) is 12.3. The molecule has 2 rings (SSSR count). The van der Waals surface area contributed by atoms with Crippen molar-refractivity contribution in [3.63, 3.8) is 0 Å². The Labute approximate surface area is 158 Å². The summed E-state index contributed by atoms with van der Waals surface area (Å²) in [5.74, 6) is -0.658. The van der Waals surface area contributed by atoms with Crippen LogP contribution in [0.5, 0.6) is 0 Å². The minimum Gasteiger partial charge on any atom is -0.394 e. The van der Waals surface area contributed by atoms with Crippen molar-refractivity contribution in [2.75, 3.05) is 6.61 Å². The quantitative estimate of drug-likeness (QED) is 0.562. The highest BCUT2D eigenvalue weighted by Gasteiger charge is 2.23. The van der Waals surface area contributed by atoms with Gasteiger partial charge in [-0.05, 0) is 19.1 Å². The topological polar surface area (TPSA) is 68.5 Å². The summed E-state index contributed by atoms with van der Waals surface area (Å²) in [6.07, 6.45) is -0.189. The molecular weight excluding hydrogens is 389 g/mol. The lowest BCUT2D eigenvalue weighted by Gasteiger charge is -2.12. The van der Waals surface area contributed by atoms with Crippen molar-refractivity contribution in [3.8, 4) is 0 Å². The summed E-state index contributed by atoms with van der Waals surface area (Å²) < 4.78 is 26.9. The maximum Gasteiger partial charge on any atom is 0.282 e. The van der Waals surface area contributed by atoms with Crippen molar-refractivity contribution in [3.05, 3.63) is 51.3 Å². The molecule has 0 aliphatic carbocycles. The Morgan fingerprint density at radius 3 is 2.85 bits per heavy atom. The molecular formula is C16H16Cl2F2N4O2. The van der Waals surface area contributed by atoms with E-state index in [0.717, 1.165) is 4.68 Å². The van der Waals surface area contributed by atoms with Crippen LogP contribution in [0.4, 0.5) is 8.78 Å². The summed E-state index contributed by atoms with van der Waals surface area (Å²) in [6.45, 7) is 1.69. The molecule has 6 nitrogen and oxygen atoms in total. The summed E-state index contributed by atoms with van der Waals surface area (Å²) in [7, 11) is 1.46. The van der Waals surface area contributed by atoms with Gasteiger partial charge in [0, 0.05) is 23.8 Å². The van der Waals surface area contributed by atoms with Crippen LogP contribution in [0.2, 0.25) is 10.0 Å². The van der Waals surface area contributed by atoms with E-state index < -0.39 is 24.1 Å². The van der Waals surface area contributed by atoms with Gasteiger partial charge < -0.3 is 10.2 Å². The van der Waals surface area contributed by atoms with Gasteiger partial charge in [-0.1, -0.05) is 34.4 Å². The molecule has 1 unspecified atom stereocenters. The van der Waals surface area contributed by atoms with Gasteiger partial charge in [-0.25, -0.2) is 8.78 Å². The van der Waals surface area contributed by atoms with Gasteiger partial charge in [0.25, 0.3) is 12.3 Å². The number of benzene rings is 1. The fraction of sp³-hybridized carbons (Fsp3) is 0.312. The number of halogens is 4. The summed E-state index contributed by atoms with van der Waals surface area (Å²) in [4.78, 5) is 17.2. The highest BCUT2D eigenvalue weighted by molar-refractivity contribution is 6.36.